The van der Waals surface area contributed by atoms with E-state index < -0.39 is 5.97 Å². The number of nitrogens with one attached hydrogen (secondary N) is 1. The van der Waals surface area contributed by atoms with Gasteiger partial charge in [-0.1, -0.05) is 18.2 Å². The maximum absolute atomic E-state index is 10.7. The minimum atomic E-state index is -0.902. The molecule has 19 heavy (non-hydrogen) atoms. The van der Waals surface area contributed by atoms with Gasteiger partial charge in [-0.15, -0.1) is 0 Å². The highest BCUT2D eigenvalue weighted by molar-refractivity contribution is 9.10. The zero-order chi connectivity index (χ0) is 13.8. The van der Waals surface area contributed by atoms with Crippen molar-refractivity contribution in [2.24, 2.45) is 0 Å². The Morgan fingerprint density at radius 3 is 2.47 bits per heavy atom. The summed E-state index contributed by atoms with van der Waals surface area (Å²) in [5, 5.41) is 12.1. The Morgan fingerprint density at radius 2 is 1.89 bits per heavy atom. The molecular formula is C15H14BrNO2. The van der Waals surface area contributed by atoms with E-state index in [9.17, 15) is 4.79 Å². The topological polar surface area (TPSA) is 49.3 Å². The van der Waals surface area contributed by atoms with Gasteiger partial charge < -0.3 is 10.4 Å². The number of carboxylic acids is 1. The van der Waals surface area contributed by atoms with E-state index >= 15 is 0 Å². The number of benzene rings is 2. The van der Waals surface area contributed by atoms with Crippen molar-refractivity contribution in [2.45, 2.75) is 13.5 Å². The van der Waals surface area contributed by atoms with Crippen molar-refractivity contribution in [3.8, 4) is 0 Å². The van der Waals surface area contributed by atoms with E-state index in [1.54, 1.807) is 12.1 Å². The number of carboxylic acid groups (broad SMARTS) is 1. The van der Waals surface area contributed by atoms with Crippen molar-refractivity contribution in [2.75, 3.05) is 5.32 Å². The van der Waals surface area contributed by atoms with Gasteiger partial charge in [0.25, 0.3) is 0 Å². The van der Waals surface area contributed by atoms with Gasteiger partial charge in [0, 0.05) is 16.7 Å². The van der Waals surface area contributed by atoms with Crippen LogP contribution in [0.4, 0.5) is 5.69 Å². The third kappa shape index (κ3) is 3.58. The van der Waals surface area contributed by atoms with E-state index in [1.807, 2.05) is 31.2 Å². The molecule has 0 amide bonds. The van der Waals surface area contributed by atoms with Crippen LogP contribution in [-0.4, -0.2) is 11.1 Å². The summed E-state index contributed by atoms with van der Waals surface area (Å²) in [6.07, 6.45) is 0. The Morgan fingerprint density at radius 1 is 1.21 bits per heavy atom. The molecule has 0 bridgehead atoms. The number of hydrogen-bond acceptors (Lipinski definition) is 2. The zero-order valence-corrected chi connectivity index (χ0v) is 12.1. The number of aromatic carboxylic acids is 1. The Labute approximate surface area is 120 Å². The first-order valence-electron chi connectivity index (χ1n) is 5.88. The fourth-order valence-electron chi connectivity index (χ4n) is 1.73. The van der Waals surface area contributed by atoms with Crippen molar-refractivity contribution in [3.05, 3.63) is 63.6 Å². The lowest BCUT2D eigenvalue weighted by atomic mass is 10.1. The molecule has 2 N–H and O–H groups in total. The highest BCUT2D eigenvalue weighted by atomic mass is 79.9. The quantitative estimate of drug-likeness (QED) is 0.893. The molecule has 0 heterocycles. The lowest BCUT2D eigenvalue weighted by Crippen LogP contribution is -2.01. The summed E-state index contributed by atoms with van der Waals surface area (Å²) in [7, 11) is 0. The number of halogens is 1. The maximum atomic E-state index is 10.7. The average molecular weight is 320 g/mol. The molecule has 0 saturated heterocycles. The molecule has 2 rings (SSSR count). The van der Waals surface area contributed by atoms with Gasteiger partial charge in [0.1, 0.15) is 0 Å². The first-order chi connectivity index (χ1) is 9.06. The lowest BCUT2D eigenvalue weighted by Gasteiger charge is -2.09. The third-order valence-electron chi connectivity index (χ3n) is 2.81. The molecule has 0 aromatic heterocycles. The van der Waals surface area contributed by atoms with E-state index in [-0.39, 0.29) is 0 Å². The van der Waals surface area contributed by atoms with Crippen LogP contribution in [0.1, 0.15) is 21.5 Å². The molecule has 0 aliphatic carbocycles. The summed E-state index contributed by atoms with van der Waals surface area (Å²) >= 11 is 3.51. The Bertz CT molecular complexity index is 594. The molecule has 0 aliphatic heterocycles. The van der Waals surface area contributed by atoms with Gasteiger partial charge in [-0.05, 0) is 58.2 Å². The normalized spacial score (nSPS) is 10.2. The van der Waals surface area contributed by atoms with Crippen LogP contribution in [0.5, 0.6) is 0 Å². The number of aryl methyl sites for hydroxylation is 1. The van der Waals surface area contributed by atoms with E-state index in [0.717, 1.165) is 15.7 Å². The molecule has 0 atom stereocenters. The SMILES string of the molecule is Cc1ccc(NCc2ccc(C(=O)O)cc2)c(Br)c1. The van der Waals surface area contributed by atoms with Crippen molar-refractivity contribution >= 4 is 27.6 Å². The zero-order valence-electron chi connectivity index (χ0n) is 10.5. The van der Waals surface area contributed by atoms with Gasteiger partial charge in [0.2, 0.25) is 0 Å². The van der Waals surface area contributed by atoms with Crippen molar-refractivity contribution < 1.29 is 9.90 Å². The summed E-state index contributed by atoms with van der Waals surface area (Å²) < 4.78 is 1.02. The molecule has 3 nitrogen and oxygen atoms in total. The molecule has 2 aromatic rings. The number of rotatable bonds is 4. The van der Waals surface area contributed by atoms with Crippen LogP contribution < -0.4 is 5.32 Å². The van der Waals surface area contributed by atoms with Crippen molar-refractivity contribution in [3.63, 3.8) is 0 Å². The molecule has 0 saturated carbocycles. The van der Waals surface area contributed by atoms with Crippen LogP contribution in [0.3, 0.4) is 0 Å². The Kier molecular flexibility index (Phi) is 4.22. The summed E-state index contributed by atoms with van der Waals surface area (Å²) in [4.78, 5) is 10.7. The van der Waals surface area contributed by atoms with Gasteiger partial charge in [-0.25, -0.2) is 4.79 Å². The Balaban J connectivity index is 2.04. The van der Waals surface area contributed by atoms with Gasteiger partial charge in [-0.2, -0.15) is 0 Å². The summed E-state index contributed by atoms with van der Waals surface area (Å²) in [6, 6.07) is 13.0. The largest absolute Gasteiger partial charge is 0.478 e. The van der Waals surface area contributed by atoms with Crippen LogP contribution in [-0.2, 0) is 6.54 Å². The minimum Gasteiger partial charge on any atom is -0.478 e. The number of anilines is 1. The molecule has 0 aliphatic rings. The van der Waals surface area contributed by atoms with E-state index in [0.29, 0.717) is 12.1 Å². The monoisotopic (exact) mass is 319 g/mol. The molecule has 98 valence electrons. The van der Waals surface area contributed by atoms with Gasteiger partial charge >= 0.3 is 5.97 Å². The van der Waals surface area contributed by atoms with E-state index in [1.165, 1.54) is 5.56 Å². The minimum absolute atomic E-state index is 0.306. The number of hydrogen-bond donors (Lipinski definition) is 2. The van der Waals surface area contributed by atoms with Gasteiger partial charge in [0.05, 0.1) is 5.56 Å². The van der Waals surface area contributed by atoms with Crippen molar-refractivity contribution in [1.82, 2.24) is 0 Å². The smallest absolute Gasteiger partial charge is 0.335 e. The standard InChI is InChI=1S/C15H14BrNO2/c1-10-2-7-14(13(16)8-10)17-9-11-3-5-12(6-4-11)15(18)19/h2-8,17H,9H2,1H3,(H,18,19). The molecule has 0 radical (unpaired) electrons. The molecule has 4 heteroatoms. The number of carbonyl (C=O) groups is 1. The maximum Gasteiger partial charge on any atom is 0.335 e. The van der Waals surface area contributed by atoms with Gasteiger partial charge in [-0.3, -0.25) is 0 Å². The second-order valence-corrected chi connectivity index (χ2v) is 5.19. The summed E-state index contributed by atoms with van der Waals surface area (Å²) in [5.74, 6) is -0.902. The predicted molar refractivity (Wildman–Crippen MR) is 79.6 cm³/mol. The van der Waals surface area contributed by atoms with Crippen LogP contribution in [0.25, 0.3) is 0 Å². The molecule has 0 unspecified atom stereocenters. The molecular weight excluding hydrogens is 306 g/mol. The van der Waals surface area contributed by atoms with Crippen LogP contribution in [0.15, 0.2) is 46.9 Å². The first kappa shape index (κ1) is 13.6. The van der Waals surface area contributed by atoms with Crippen LogP contribution >= 0.6 is 15.9 Å². The fraction of sp³-hybridized carbons (Fsp3) is 0.133. The van der Waals surface area contributed by atoms with E-state index in [4.69, 9.17) is 5.11 Å². The van der Waals surface area contributed by atoms with Crippen LogP contribution in [0, 0.1) is 6.92 Å². The highest BCUT2D eigenvalue weighted by Crippen LogP contribution is 2.23. The van der Waals surface area contributed by atoms with Crippen molar-refractivity contribution in [1.29, 1.82) is 0 Å². The predicted octanol–water partition coefficient (Wildman–Crippen LogP) is 4.07. The second kappa shape index (κ2) is 5.89. The average Bonchev–Trinajstić information content (AvgIpc) is 2.38. The highest BCUT2D eigenvalue weighted by Gasteiger charge is 2.03. The van der Waals surface area contributed by atoms with E-state index in [2.05, 4.69) is 27.3 Å². The Hall–Kier alpha value is -1.81. The first-order valence-corrected chi connectivity index (χ1v) is 6.68. The molecule has 2 aromatic carbocycles. The fourth-order valence-corrected chi connectivity index (χ4v) is 2.36. The van der Waals surface area contributed by atoms with Crippen LogP contribution in [0.2, 0.25) is 0 Å². The second-order valence-electron chi connectivity index (χ2n) is 4.34. The summed E-state index contributed by atoms with van der Waals surface area (Å²) in [5.41, 5.74) is 3.56. The molecule has 0 spiro atoms. The third-order valence-corrected chi connectivity index (χ3v) is 3.46. The summed E-state index contributed by atoms with van der Waals surface area (Å²) in [6.45, 7) is 2.70. The molecule has 0 fully saturated rings. The van der Waals surface area contributed by atoms with Gasteiger partial charge in [0.15, 0.2) is 0 Å². The lowest BCUT2D eigenvalue weighted by molar-refractivity contribution is 0.0697.